The van der Waals surface area contributed by atoms with Crippen molar-refractivity contribution in [3.63, 3.8) is 0 Å². The number of nitro benzene ring substituents is 1. The molecular weight excluding hydrogens is 236 g/mol. The first kappa shape index (κ1) is 10.4. The molecule has 2 aliphatic rings. The molecule has 0 fully saturated rings. The van der Waals surface area contributed by atoms with E-state index >= 15 is 0 Å². The zero-order valence-electron chi connectivity index (χ0n) is 8.99. The van der Waals surface area contributed by atoms with E-state index in [0.29, 0.717) is 17.0 Å². The van der Waals surface area contributed by atoms with Crippen LogP contribution in [-0.4, -0.2) is 9.91 Å². The minimum absolute atomic E-state index is 0.0781. The summed E-state index contributed by atoms with van der Waals surface area (Å²) in [5.41, 5.74) is 1.05. The lowest BCUT2D eigenvalue weighted by Gasteiger charge is -2.04. The Bertz CT molecular complexity index is 794. The molecule has 3 rings (SSSR count). The highest BCUT2D eigenvalue weighted by Gasteiger charge is 2.12. The van der Waals surface area contributed by atoms with Gasteiger partial charge >= 0.3 is 0 Å². The summed E-state index contributed by atoms with van der Waals surface area (Å²) < 4.78 is 5.45. The number of hydrogen-bond donors (Lipinski definition) is 0. The van der Waals surface area contributed by atoms with E-state index in [4.69, 9.17) is 4.42 Å². The monoisotopic (exact) mass is 242 g/mol. The minimum atomic E-state index is -0.511. The first-order valence-electron chi connectivity index (χ1n) is 5.12. The van der Waals surface area contributed by atoms with Crippen LogP contribution in [0.1, 0.15) is 0 Å². The molecule has 0 aromatic heterocycles. The summed E-state index contributed by atoms with van der Waals surface area (Å²) in [4.78, 5) is 25.6. The van der Waals surface area contributed by atoms with Crippen LogP contribution in [0.4, 0.5) is 5.69 Å². The molecule has 1 heterocycles. The molecule has 88 valence electrons. The lowest BCUT2D eigenvalue weighted by atomic mass is 10.2. The highest BCUT2D eigenvalue weighted by molar-refractivity contribution is 5.78. The molecule has 0 amide bonds. The molecular formula is C12H6N2O4. The Balaban J connectivity index is 2.36. The van der Waals surface area contributed by atoms with Gasteiger partial charge in [0.1, 0.15) is 11.2 Å². The molecule has 0 saturated carbocycles. The normalized spacial score (nSPS) is 10.9. The summed E-state index contributed by atoms with van der Waals surface area (Å²) in [5, 5.41) is 10.7. The summed E-state index contributed by atoms with van der Waals surface area (Å²) in [6.45, 7) is 0. The number of fused-ring (bicyclic) bond motifs is 2. The maximum absolute atomic E-state index is 11.2. The number of non-ortho nitro benzene ring substituents is 1. The van der Waals surface area contributed by atoms with Crippen LogP contribution in [0.3, 0.4) is 0 Å². The third kappa shape index (κ3) is 1.60. The average Bonchev–Trinajstić information content (AvgIpc) is 2.35. The first-order chi connectivity index (χ1) is 8.63. The van der Waals surface area contributed by atoms with Gasteiger partial charge in [-0.3, -0.25) is 14.9 Å². The van der Waals surface area contributed by atoms with Gasteiger partial charge in [-0.05, 0) is 18.2 Å². The summed E-state index contributed by atoms with van der Waals surface area (Å²) >= 11 is 0. The molecule has 1 aromatic carbocycles. The van der Waals surface area contributed by atoms with Crippen molar-refractivity contribution in [3.8, 4) is 11.5 Å². The smallest absolute Gasteiger partial charge is 0.273 e. The van der Waals surface area contributed by atoms with E-state index in [-0.39, 0.29) is 16.7 Å². The molecule has 0 bridgehead atoms. The number of nitro groups is 1. The number of rotatable bonds is 1. The van der Waals surface area contributed by atoms with E-state index < -0.39 is 4.92 Å². The molecule has 6 nitrogen and oxygen atoms in total. The highest BCUT2D eigenvalue weighted by atomic mass is 16.6. The Morgan fingerprint density at radius 1 is 1.17 bits per heavy atom. The maximum Gasteiger partial charge on any atom is 0.273 e. The summed E-state index contributed by atoms with van der Waals surface area (Å²) in [5.74, 6) is 0.315. The third-order valence-electron chi connectivity index (χ3n) is 2.55. The van der Waals surface area contributed by atoms with E-state index in [2.05, 4.69) is 4.98 Å². The second-order valence-corrected chi connectivity index (χ2v) is 3.75. The predicted molar refractivity (Wildman–Crippen MR) is 63.6 cm³/mol. The predicted octanol–water partition coefficient (Wildman–Crippen LogP) is 2.20. The SMILES string of the molecule is O=c1ccc2nc3ccc([N+](=O)[O-])cc3oc-2c1. The lowest BCUT2D eigenvalue weighted by molar-refractivity contribution is -0.384. The molecule has 0 spiro atoms. The van der Waals surface area contributed by atoms with E-state index in [9.17, 15) is 14.9 Å². The van der Waals surface area contributed by atoms with E-state index in [0.717, 1.165) is 0 Å². The van der Waals surface area contributed by atoms with Crippen molar-refractivity contribution in [2.75, 3.05) is 0 Å². The van der Waals surface area contributed by atoms with Crippen LogP contribution < -0.4 is 5.43 Å². The zero-order chi connectivity index (χ0) is 12.7. The van der Waals surface area contributed by atoms with Crippen molar-refractivity contribution < 1.29 is 9.34 Å². The molecule has 0 atom stereocenters. The van der Waals surface area contributed by atoms with E-state index in [1.54, 1.807) is 6.07 Å². The third-order valence-corrected chi connectivity index (χ3v) is 2.55. The largest absolute Gasteiger partial charge is 0.452 e. The molecule has 6 heteroatoms. The van der Waals surface area contributed by atoms with Gasteiger partial charge in [0.15, 0.2) is 16.8 Å². The Morgan fingerprint density at radius 2 is 2.00 bits per heavy atom. The summed E-state index contributed by atoms with van der Waals surface area (Å²) in [6, 6.07) is 8.42. The van der Waals surface area contributed by atoms with Crippen LogP contribution in [-0.2, 0) is 0 Å². The fourth-order valence-electron chi connectivity index (χ4n) is 1.71. The Labute approximate surface area is 100.0 Å². The number of nitrogens with zero attached hydrogens (tertiary/aromatic N) is 2. The van der Waals surface area contributed by atoms with Gasteiger partial charge in [0.2, 0.25) is 0 Å². The second-order valence-electron chi connectivity index (χ2n) is 3.75. The number of benzene rings is 2. The van der Waals surface area contributed by atoms with Gasteiger partial charge in [0, 0.05) is 12.1 Å². The molecule has 1 aliphatic carbocycles. The lowest BCUT2D eigenvalue weighted by Crippen LogP contribution is -1.99. The molecule has 0 radical (unpaired) electrons. The van der Waals surface area contributed by atoms with E-state index in [1.165, 1.54) is 30.3 Å². The van der Waals surface area contributed by atoms with Crippen molar-refractivity contribution in [1.29, 1.82) is 0 Å². The Hall–Kier alpha value is -2.76. The quantitative estimate of drug-likeness (QED) is 0.371. The molecule has 0 N–H and O–H groups in total. The van der Waals surface area contributed by atoms with Crippen LogP contribution in [0.25, 0.3) is 22.6 Å². The van der Waals surface area contributed by atoms with Gasteiger partial charge in [0.05, 0.1) is 11.0 Å². The molecule has 18 heavy (non-hydrogen) atoms. The summed E-state index contributed by atoms with van der Waals surface area (Å²) in [7, 11) is 0. The zero-order valence-corrected chi connectivity index (χ0v) is 8.99. The second kappa shape index (κ2) is 3.63. The fraction of sp³-hybridized carbons (Fsp3) is 0. The Kier molecular flexibility index (Phi) is 2.09. The van der Waals surface area contributed by atoms with Gasteiger partial charge < -0.3 is 4.42 Å². The Morgan fingerprint density at radius 3 is 2.78 bits per heavy atom. The van der Waals surface area contributed by atoms with Crippen molar-refractivity contribution in [2.24, 2.45) is 0 Å². The fourth-order valence-corrected chi connectivity index (χ4v) is 1.71. The minimum Gasteiger partial charge on any atom is -0.452 e. The molecule has 1 aromatic rings. The van der Waals surface area contributed by atoms with Crippen molar-refractivity contribution >= 4 is 16.8 Å². The van der Waals surface area contributed by atoms with E-state index in [1.807, 2.05) is 0 Å². The highest BCUT2D eigenvalue weighted by Crippen LogP contribution is 2.26. The topological polar surface area (TPSA) is 86.2 Å². The maximum atomic E-state index is 11.2. The number of aromatic nitrogens is 1. The van der Waals surface area contributed by atoms with Crippen LogP contribution in [0, 0.1) is 10.1 Å². The molecule has 1 aliphatic heterocycles. The molecule has 0 saturated heterocycles. The van der Waals surface area contributed by atoms with Gasteiger partial charge in [-0.15, -0.1) is 0 Å². The van der Waals surface area contributed by atoms with Crippen molar-refractivity contribution in [1.82, 2.24) is 4.98 Å². The van der Waals surface area contributed by atoms with Crippen molar-refractivity contribution in [3.05, 3.63) is 56.7 Å². The molecule has 0 unspecified atom stereocenters. The van der Waals surface area contributed by atoms with Gasteiger partial charge in [0.25, 0.3) is 5.69 Å². The van der Waals surface area contributed by atoms with Crippen LogP contribution >= 0.6 is 0 Å². The van der Waals surface area contributed by atoms with Crippen molar-refractivity contribution in [2.45, 2.75) is 0 Å². The summed E-state index contributed by atoms with van der Waals surface area (Å²) in [6.07, 6.45) is 0. The van der Waals surface area contributed by atoms with Gasteiger partial charge in [-0.1, -0.05) is 0 Å². The standard InChI is InChI=1S/C12H6N2O4/c15-8-2-4-10-12(6-8)18-11-5-7(14(16)17)1-3-9(11)13-10/h1-6H. The van der Waals surface area contributed by atoms with Gasteiger partial charge in [-0.2, -0.15) is 0 Å². The number of hydrogen-bond acceptors (Lipinski definition) is 5. The first-order valence-corrected chi connectivity index (χ1v) is 5.12. The van der Waals surface area contributed by atoms with Crippen LogP contribution in [0.2, 0.25) is 0 Å². The van der Waals surface area contributed by atoms with Crippen LogP contribution in [0.15, 0.2) is 45.6 Å². The van der Waals surface area contributed by atoms with Crippen LogP contribution in [0.5, 0.6) is 0 Å². The van der Waals surface area contributed by atoms with Gasteiger partial charge in [-0.25, -0.2) is 4.98 Å². The average molecular weight is 242 g/mol.